The number of hydrogen-bond acceptors (Lipinski definition) is 3. The van der Waals surface area contributed by atoms with Crippen LogP contribution in [-0.2, 0) is 15.3 Å². The molecule has 0 aromatic heterocycles. The fourth-order valence-corrected chi connectivity index (χ4v) is 4.68. The van der Waals surface area contributed by atoms with Crippen molar-refractivity contribution in [2.24, 2.45) is 10.3 Å². The molecule has 0 unspecified atom stereocenters. The van der Waals surface area contributed by atoms with Crippen LogP contribution < -0.4 is 0 Å². The number of rotatable bonds is 5. The molecule has 0 aliphatic carbocycles. The molecule has 0 saturated heterocycles. The molecule has 2 atom stereocenters. The standard InChI is InChI=1S/C18H23NO2S/c1-15(2)18(20,16-10-6-4-7-11-16)14-22(21,19-3)17-12-8-5-9-13-17/h4-13,15,20H,14H2,1-3H3/t18-,22-/m0/s1. The molecule has 4 heteroatoms. The summed E-state index contributed by atoms with van der Waals surface area (Å²) in [4.78, 5) is 0.660. The highest BCUT2D eigenvalue weighted by atomic mass is 32.2. The third-order valence-electron chi connectivity index (χ3n) is 4.05. The number of aliphatic hydroxyl groups is 1. The van der Waals surface area contributed by atoms with E-state index in [1.807, 2.05) is 62.4 Å². The zero-order valence-corrected chi connectivity index (χ0v) is 14.1. The normalized spacial score (nSPS) is 16.8. The van der Waals surface area contributed by atoms with Gasteiger partial charge in [0.1, 0.15) is 5.60 Å². The van der Waals surface area contributed by atoms with E-state index in [0.29, 0.717) is 4.90 Å². The summed E-state index contributed by atoms with van der Waals surface area (Å²) in [5.74, 6) is 0.00328. The van der Waals surface area contributed by atoms with Crippen molar-refractivity contribution in [3.63, 3.8) is 0 Å². The van der Waals surface area contributed by atoms with Crippen LogP contribution in [0.1, 0.15) is 19.4 Å². The molecule has 0 saturated carbocycles. The Bertz CT molecular complexity index is 719. The summed E-state index contributed by atoms with van der Waals surface area (Å²) in [6, 6.07) is 18.6. The fraction of sp³-hybridized carbons (Fsp3) is 0.333. The Morgan fingerprint density at radius 3 is 2.00 bits per heavy atom. The maximum atomic E-state index is 13.3. The third-order valence-corrected chi connectivity index (χ3v) is 6.48. The minimum atomic E-state index is -2.68. The van der Waals surface area contributed by atoms with Crippen molar-refractivity contribution in [3.8, 4) is 0 Å². The molecule has 0 bridgehead atoms. The predicted octanol–water partition coefficient (Wildman–Crippen LogP) is 3.69. The minimum absolute atomic E-state index is 0.0822. The lowest BCUT2D eigenvalue weighted by Gasteiger charge is -2.33. The smallest absolute Gasteiger partial charge is 0.105 e. The molecule has 0 amide bonds. The predicted molar refractivity (Wildman–Crippen MR) is 91.2 cm³/mol. The molecule has 0 aliphatic heterocycles. The van der Waals surface area contributed by atoms with Crippen molar-refractivity contribution in [1.29, 1.82) is 0 Å². The van der Waals surface area contributed by atoms with Gasteiger partial charge in [0.25, 0.3) is 0 Å². The Kier molecular flexibility index (Phi) is 5.04. The van der Waals surface area contributed by atoms with Crippen molar-refractivity contribution in [2.75, 3.05) is 12.8 Å². The van der Waals surface area contributed by atoms with Crippen LogP contribution in [0.4, 0.5) is 0 Å². The van der Waals surface area contributed by atoms with Crippen LogP contribution in [0.3, 0.4) is 0 Å². The highest BCUT2D eigenvalue weighted by Crippen LogP contribution is 2.33. The molecule has 2 rings (SSSR count). The van der Waals surface area contributed by atoms with Crippen molar-refractivity contribution in [3.05, 3.63) is 66.2 Å². The van der Waals surface area contributed by atoms with Gasteiger partial charge in [-0.25, -0.2) is 8.57 Å². The molecule has 0 aliphatic rings. The van der Waals surface area contributed by atoms with Crippen LogP contribution in [-0.4, -0.2) is 22.1 Å². The van der Waals surface area contributed by atoms with Gasteiger partial charge in [0.15, 0.2) is 0 Å². The van der Waals surface area contributed by atoms with Crippen LogP contribution >= 0.6 is 0 Å². The summed E-state index contributed by atoms with van der Waals surface area (Å²) in [5, 5.41) is 11.2. The van der Waals surface area contributed by atoms with Gasteiger partial charge >= 0.3 is 0 Å². The highest BCUT2D eigenvalue weighted by Gasteiger charge is 2.37. The molecule has 0 radical (unpaired) electrons. The van der Waals surface area contributed by atoms with E-state index in [-0.39, 0.29) is 11.7 Å². The average Bonchev–Trinajstić information content (AvgIpc) is 2.56. The summed E-state index contributed by atoms with van der Waals surface area (Å²) in [5.41, 5.74) is -0.412. The average molecular weight is 317 g/mol. The number of hydrogen-bond donors (Lipinski definition) is 1. The summed E-state index contributed by atoms with van der Waals surface area (Å²) in [6.45, 7) is 3.88. The van der Waals surface area contributed by atoms with E-state index < -0.39 is 15.3 Å². The van der Waals surface area contributed by atoms with Gasteiger partial charge in [-0.15, -0.1) is 0 Å². The first-order valence-corrected chi connectivity index (χ1v) is 9.07. The molecule has 0 fully saturated rings. The lowest BCUT2D eigenvalue weighted by molar-refractivity contribution is 0.0130. The Morgan fingerprint density at radius 1 is 1.05 bits per heavy atom. The van der Waals surface area contributed by atoms with Gasteiger partial charge in [-0.05, 0) is 23.6 Å². The monoisotopic (exact) mass is 317 g/mol. The zero-order chi connectivity index (χ0) is 16.2. The van der Waals surface area contributed by atoms with Crippen LogP contribution in [0.15, 0.2) is 69.9 Å². The topological polar surface area (TPSA) is 49.7 Å². The molecule has 22 heavy (non-hydrogen) atoms. The van der Waals surface area contributed by atoms with Gasteiger partial charge in [0, 0.05) is 11.9 Å². The zero-order valence-electron chi connectivity index (χ0n) is 13.3. The molecule has 3 nitrogen and oxygen atoms in total. The first kappa shape index (κ1) is 16.7. The molecule has 118 valence electrons. The number of benzene rings is 2. The van der Waals surface area contributed by atoms with E-state index in [4.69, 9.17) is 0 Å². The highest BCUT2D eigenvalue weighted by molar-refractivity contribution is 7.93. The molecular formula is C18H23NO2S. The molecular weight excluding hydrogens is 294 g/mol. The lowest BCUT2D eigenvalue weighted by Crippen LogP contribution is -2.39. The molecule has 2 aromatic rings. The number of nitrogens with zero attached hydrogens (tertiary/aromatic N) is 1. The van der Waals surface area contributed by atoms with Crippen molar-refractivity contribution >= 4 is 9.73 Å². The van der Waals surface area contributed by atoms with E-state index in [1.165, 1.54) is 0 Å². The Hall–Kier alpha value is -1.65. The fourth-order valence-electron chi connectivity index (χ4n) is 2.49. The van der Waals surface area contributed by atoms with Crippen LogP contribution in [0.25, 0.3) is 0 Å². The maximum absolute atomic E-state index is 13.3. The summed E-state index contributed by atoms with van der Waals surface area (Å²) < 4.78 is 17.5. The van der Waals surface area contributed by atoms with Gasteiger partial charge in [0.05, 0.1) is 15.5 Å². The van der Waals surface area contributed by atoms with Crippen molar-refractivity contribution in [1.82, 2.24) is 0 Å². The summed E-state index contributed by atoms with van der Waals surface area (Å²) in [6.07, 6.45) is 0. The third kappa shape index (κ3) is 3.23. The first-order chi connectivity index (χ1) is 10.4. The maximum Gasteiger partial charge on any atom is 0.105 e. The Morgan fingerprint density at radius 2 is 1.55 bits per heavy atom. The Balaban J connectivity index is 2.50. The van der Waals surface area contributed by atoms with E-state index in [9.17, 15) is 9.32 Å². The first-order valence-electron chi connectivity index (χ1n) is 7.38. The Labute approximate surface area is 133 Å². The molecule has 0 spiro atoms. The van der Waals surface area contributed by atoms with Crippen LogP contribution in [0.2, 0.25) is 0 Å². The SMILES string of the molecule is CN=[S@](=O)(C[C@@](O)(c1ccccc1)C(C)C)c1ccccc1. The second kappa shape index (κ2) is 6.63. The quantitative estimate of drug-likeness (QED) is 0.914. The van der Waals surface area contributed by atoms with Crippen LogP contribution in [0, 0.1) is 5.92 Å². The second-order valence-electron chi connectivity index (χ2n) is 5.73. The molecule has 2 aromatic carbocycles. The van der Waals surface area contributed by atoms with Crippen LogP contribution in [0.5, 0.6) is 0 Å². The van der Waals surface area contributed by atoms with Gasteiger partial charge in [0.2, 0.25) is 0 Å². The lowest BCUT2D eigenvalue weighted by atomic mass is 9.85. The van der Waals surface area contributed by atoms with Crippen molar-refractivity contribution < 1.29 is 9.32 Å². The second-order valence-corrected chi connectivity index (χ2v) is 8.13. The molecule has 0 heterocycles. The minimum Gasteiger partial charge on any atom is -0.384 e. The van der Waals surface area contributed by atoms with Gasteiger partial charge in [-0.2, -0.15) is 0 Å². The van der Waals surface area contributed by atoms with E-state index in [2.05, 4.69) is 4.36 Å². The largest absolute Gasteiger partial charge is 0.384 e. The summed E-state index contributed by atoms with van der Waals surface area (Å²) >= 11 is 0. The van der Waals surface area contributed by atoms with Gasteiger partial charge in [-0.1, -0.05) is 62.4 Å². The van der Waals surface area contributed by atoms with Crippen molar-refractivity contribution in [2.45, 2.75) is 24.3 Å². The van der Waals surface area contributed by atoms with Gasteiger partial charge < -0.3 is 5.11 Å². The van der Waals surface area contributed by atoms with E-state index >= 15 is 0 Å². The molecule has 1 N–H and O–H groups in total. The van der Waals surface area contributed by atoms with E-state index in [1.54, 1.807) is 19.2 Å². The van der Waals surface area contributed by atoms with Gasteiger partial charge in [-0.3, -0.25) is 0 Å². The summed E-state index contributed by atoms with van der Waals surface area (Å²) in [7, 11) is -1.12. The van der Waals surface area contributed by atoms with E-state index in [0.717, 1.165) is 5.56 Å².